The van der Waals surface area contributed by atoms with E-state index in [2.05, 4.69) is 0 Å². The van der Waals surface area contributed by atoms with Gasteiger partial charge in [-0.3, -0.25) is 9.59 Å². The molecule has 3 heterocycles. The summed E-state index contributed by atoms with van der Waals surface area (Å²) in [6.07, 6.45) is 0.777. The molecule has 1 fully saturated rings. The Kier molecular flexibility index (Phi) is 5.17. The molecule has 0 aromatic carbocycles. The maximum Gasteiger partial charge on any atom is 0.284 e. The van der Waals surface area contributed by atoms with Gasteiger partial charge < -0.3 is 15.1 Å². The number of carbonyl (C=O) groups is 2. The number of piperazine rings is 1. The number of nitrogens with two attached hydrogens (primary N) is 1. The van der Waals surface area contributed by atoms with Crippen LogP contribution in [0.1, 0.15) is 32.7 Å². The lowest BCUT2D eigenvalue weighted by atomic mass is 10.2. The van der Waals surface area contributed by atoms with Crippen LogP contribution in [0.2, 0.25) is 0 Å². The molecule has 140 valence electrons. The fraction of sp³-hybridized carbons (Fsp3) is 0.375. The molecule has 0 aliphatic carbocycles. The van der Waals surface area contributed by atoms with Crippen molar-refractivity contribution in [2.45, 2.75) is 18.4 Å². The summed E-state index contributed by atoms with van der Waals surface area (Å²) in [6.45, 7) is 2.90. The molecule has 0 bridgehead atoms. The number of rotatable bonds is 5. The zero-order valence-corrected chi connectivity index (χ0v) is 15.8. The van der Waals surface area contributed by atoms with Crippen LogP contribution < -0.4 is 5.73 Å². The molecule has 2 aromatic rings. The summed E-state index contributed by atoms with van der Waals surface area (Å²) in [5, 5.41) is 1.57. The smallest absolute Gasteiger partial charge is 0.284 e. The van der Waals surface area contributed by atoms with Crippen molar-refractivity contribution in [2.75, 3.05) is 26.2 Å². The molecular weight excluding hydrogens is 378 g/mol. The SMILES string of the molecule is CCc1ccsc1C(=O)N1CCN(S(=O)(=O)c2ccc(C(N)=O)o2)CC1. The third-order valence-electron chi connectivity index (χ3n) is 4.27. The molecule has 26 heavy (non-hydrogen) atoms. The Morgan fingerprint density at radius 3 is 2.46 bits per heavy atom. The van der Waals surface area contributed by atoms with Gasteiger partial charge in [-0.2, -0.15) is 4.31 Å². The van der Waals surface area contributed by atoms with E-state index in [4.69, 9.17) is 10.2 Å². The van der Waals surface area contributed by atoms with E-state index in [9.17, 15) is 18.0 Å². The number of hydrogen-bond acceptors (Lipinski definition) is 6. The highest BCUT2D eigenvalue weighted by atomic mass is 32.2. The molecule has 2 N–H and O–H groups in total. The maximum absolute atomic E-state index is 12.6. The molecule has 3 rings (SSSR count). The van der Waals surface area contributed by atoms with Gasteiger partial charge >= 0.3 is 0 Å². The van der Waals surface area contributed by atoms with E-state index in [1.165, 1.54) is 27.8 Å². The van der Waals surface area contributed by atoms with Gasteiger partial charge in [0.1, 0.15) is 0 Å². The van der Waals surface area contributed by atoms with Gasteiger partial charge in [0.25, 0.3) is 21.8 Å². The topological polar surface area (TPSA) is 114 Å². The lowest BCUT2D eigenvalue weighted by Crippen LogP contribution is -2.50. The third kappa shape index (κ3) is 3.39. The minimum absolute atomic E-state index is 0.0667. The number of aryl methyl sites for hydroxylation is 1. The molecule has 0 radical (unpaired) electrons. The second-order valence-electron chi connectivity index (χ2n) is 5.81. The van der Waals surface area contributed by atoms with Crippen molar-refractivity contribution in [3.63, 3.8) is 0 Å². The monoisotopic (exact) mass is 397 g/mol. The Bertz CT molecular complexity index is 923. The first-order valence-electron chi connectivity index (χ1n) is 8.10. The van der Waals surface area contributed by atoms with Crippen molar-refractivity contribution in [1.29, 1.82) is 0 Å². The third-order valence-corrected chi connectivity index (χ3v) is 6.98. The molecule has 2 amide bonds. The first-order chi connectivity index (χ1) is 12.3. The van der Waals surface area contributed by atoms with Crippen LogP contribution in [0.5, 0.6) is 0 Å². The average molecular weight is 397 g/mol. The van der Waals surface area contributed by atoms with Gasteiger partial charge in [-0.1, -0.05) is 6.92 Å². The number of amides is 2. The molecule has 2 aromatic heterocycles. The first kappa shape index (κ1) is 18.6. The van der Waals surface area contributed by atoms with Crippen LogP contribution in [-0.2, 0) is 16.4 Å². The Hall–Kier alpha value is -2.17. The zero-order chi connectivity index (χ0) is 18.9. The van der Waals surface area contributed by atoms with E-state index >= 15 is 0 Å². The van der Waals surface area contributed by atoms with Crippen LogP contribution in [-0.4, -0.2) is 55.6 Å². The summed E-state index contributed by atoms with van der Waals surface area (Å²) in [5.41, 5.74) is 6.09. The molecule has 0 atom stereocenters. The van der Waals surface area contributed by atoms with Gasteiger partial charge in [0, 0.05) is 26.2 Å². The summed E-state index contributed by atoms with van der Waals surface area (Å²) in [4.78, 5) is 26.1. The van der Waals surface area contributed by atoms with E-state index in [0.29, 0.717) is 18.0 Å². The van der Waals surface area contributed by atoms with Crippen molar-refractivity contribution < 1.29 is 22.4 Å². The van der Waals surface area contributed by atoms with Crippen molar-refractivity contribution in [1.82, 2.24) is 9.21 Å². The van der Waals surface area contributed by atoms with Gasteiger partial charge in [0.15, 0.2) is 5.76 Å². The number of nitrogens with zero attached hydrogens (tertiary/aromatic N) is 2. The first-order valence-corrected chi connectivity index (χ1v) is 10.4. The number of hydrogen-bond donors (Lipinski definition) is 1. The van der Waals surface area contributed by atoms with Crippen LogP contribution >= 0.6 is 11.3 Å². The average Bonchev–Trinajstić information content (AvgIpc) is 3.30. The van der Waals surface area contributed by atoms with Crippen LogP contribution in [0.4, 0.5) is 0 Å². The van der Waals surface area contributed by atoms with E-state index in [0.717, 1.165) is 12.0 Å². The highest BCUT2D eigenvalue weighted by Crippen LogP contribution is 2.23. The number of primary amides is 1. The zero-order valence-electron chi connectivity index (χ0n) is 14.2. The lowest BCUT2D eigenvalue weighted by molar-refractivity contribution is 0.0700. The molecule has 0 unspecified atom stereocenters. The minimum Gasteiger partial charge on any atom is -0.438 e. The molecule has 10 heteroatoms. The van der Waals surface area contributed by atoms with Gasteiger partial charge in [0.05, 0.1) is 4.88 Å². The van der Waals surface area contributed by atoms with E-state index < -0.39 is 15.9 Å². The van der Waals surface area contributed by atoms with Gasteiger partial charge in [-0.15, -0.1) is 11.3 Å². The Morgan fingerprint density at radius 1 is 1.19 bits per heavy atom. The largest absolute Gasteiger partial charge is 0.438 e. The predicted octanol–water partition coefficient (Wildman–Crippen LogP) is 1.15. The number of carbonyl (C=O) groups excluding carboxylic acids is 2. The van der Waals surface area contributed by atoms with Crippen LogP contribution in [0.3, 0.4) is 0 Å². The Morgan fingerprint density at radius 2 is 1.88 bits per heavy atom. The number of thiophene rings is 1. The number of furan rings is 1. The quantitative estimate of drug-likeness (QED) is 0.813. The van der Waals surface area contributed by atoms with E-state index in [-0.39, 0.29) is 29.8 Å². The molecule has 0 saturated carbocycles. The van der Waals surface area contributed by atoms with E-state index in [1.807, 2.05) is 18.4 Å². The molecule has 1 aliphatic rings. The molecule has 8 nitrogen and oxygen atoms in total. The highest BCUT2D eigenvalue weighted by molar-refractivity contribution is 7.89. The summed E-state index contributed by atoms with van der Waals surface area (Å²) >= 11 is 1.40. The predicted molar refractivity (Wildman–Crippen MR) is 95.6 cm³/mol. The molecular formula is C16H19N3O5S2. The maximum atomic E-state index is 12.6. The van der Waals surface area contributed by atoms with Crippen molar-refractivity contribution in [2.24, 2.45) is 5.73 Å². The Balaban J connectivity index is 1.69. The molecule has 1 saturated heterocycles. The van der Waals surface area contributed by atoms with Crippen molar-refractivity contribution >= 4 is 33.2 Å². The fourth-order valence-corrected chi connectivity index (χ4v) is 5.09. The van der Waals surface area contributed by atoms with Gasteiger partial charge in [-0.25, -0.2) is 8.42 Å². The fourth-order valence-electron chi connectivity index (χ4n) is 2.80. The van der Waals surface area contributed by atoms with Gasteiger partial charge in [0.2, 0.25) is 5.09 Å². The lowest BCUT2D eigenvalue weighted by Gasteiger charge is -2.33. The van der Waals surface area contributed by atoms with Crippen LogP contribution in [0.15, 0.2) is 33.1 Å². The standard InChI is InChI=1S/C16H19N3O5S2/c1-2-11-5-10-25-14(11)16(21)18-6-8-19(9-7-18)26(22,23)13-4-3-12(24-13)15(17)20/h3-5,10H,2,6-9H2,1H3,(H2,17,20). The highest BCUT2D eigenvalue weighted by Gasteiger charge is 2.33. The Labute approximate surface area is 155 Å². The summed E-state index contributed by atoms with van der Waals surface area (Å²) in [5.74, 6) is -1.10. The molecule has 0 spiro atoms. The number of sulfonamides is 1. The normalized spacial score (nSPS) is 16.0. The molecule has 1 aliphatic heterocycles. The summed E-state index contributed by atoms with van der Waals surface area (Å²) in [6, 6.07) is 4.38. The minimum atomic E-state index is -3.87. The summed E-state index contributed by atoms with van der Waals surface area (Å²) < 4.78 is 31.5. The van der Waals surface area contributed by atoms with E-state index in [1.54, 1.807) is 4.90 Å². The summed E-state index contributed by atoms with van der Waals surface area (Å²) in [7, 11) is -3.87. The van der Waals surface area contributed by atoms with Crippen LogP contribution in [0.25, 0.3) is 0 Å². The van der Waals surface area contributed by atoms with Crippen molar-refractivity contribution in [3.8, 4) is 0 Å². The second kappa shape index (κ2) is 7.22. The van der Waals surface area contributed by atoms with Crippen LogP contribution in [0, 0.1) is 0 Å². The van der Waals surface area contributed by atoms with Crippen molar-refractivity contribution in [3.05, 3.63) is 39.8 Å². The second-order valence-corrected chi connectivity index (χ2v) is 8.59. The van der Waals surface area contributed by atoms with Gasteiger partial charge in [-0.05, 0) is 35.6 Å².